The second kappa shape index (κ2) is 14.7. The minimum atomic E-state index is -0.991. The topological polar surface area (TPSA) is 104 Å². The Kier molecular flexibility index (Phi) is 14.2. The van der Waals surface area contributed by atoms with E-state index in [1.165, 1.54) is 13.8 Å². The third kappa shape index (κ3) is 14.5. The molecule has 0 bridgehead atoms. The first-order valence-corrected chi connectivity index (χ1v) is 8.55. The standard InChI is InChI=1S/C13H27N2O7P/c1-5-18-10-15-23(14-4)21-7-6-19-8-13(22-12(3)17)9-20-11(2)16/h13-15H,5-10H2,1-4H3/t13-,23?/m0/s1. The molecule has 2 N–H and O–H groups in total. The maximum absolute atomic E-state index is 11.0. The molecule has 0 aromatic carbocycles. The fourth-order valence-corrected chi connectivity index (χ4v) is 2.20. The summed E-state index contributed by atoms with van der Waals surface area (Å²) in [6, 6.07) is 0. The molecule has 0 saturated carbocycles. The first-order valence-electron chi connectivity index (χ1n) is 7.29. The van der Waals surface area contributed by atoms with Crippen molar-refractivity contribution in [2.45, 2.75) is 26.9 Å². The Morgan fingerprint density at radius 3 is 2.39 bits per heavy atom. The predicted molar refractivity (Wildman–Crippen MR) is 84.6 cm³/mol. The van der Waals surface area contributed by atoms with Crippen LogP contribution in [0, 0.1) is 0 Å². The molecule has 0 aliphatic rings. The average molecular weight is 354 g/mol. The second-order valence-corrected chi connectivity index (χ2v) is 5.87. The molecule has 0 radical (unpaired) electrons. The summed E-state index contributed by atoms with van der Waals surface area (Å²) >= 11 is 0. The van der Waals surface area contributed by atoms with Gasteiger partial charge >= 0.3 is 11.9 Å². The Balaban J connectivity index is 3.85. The summed E-state index contributed by atoms with van der Waals surface area (Å²) in [5.74, 6) is -0.897. The predicted octanol–water partition coefficient (Wildman–Crippen LogP) is 0.544. The Labute approximate surface area is 138 Å². The van der Waals surface area contributed by atoms with Gasteiger partial charge in [-0.1, -0.05) is 0 Å². The quantitative estimate of drug-likeness (QED) is 0.200. The molecule has 136 valence electrons. The summed E-state index contributed by atoms with van der Waals surface area (Å²) in [6.45, 7) is 6.27. The average Bonchev–Trinajstić information content (AvgIpc) is 2.49. The molecule has 2 atom stereocenters. The number of hydrogen-bond acceptors (Lipinski definition) is 9. The molecule has 0 rings (SSSR count). The van der Waals surface area contributed by atoms with Crippen molar-refractivity contribution in [3.8, 4) is 0 Å². The smallest absolute Gasteiger partial charge is 0.303 e. The minimum Gasteiger partial charge on any atom is -0.462 e. The van der Waals surface area contributed by atoms with Crippen molar-refractivity contribution < 1.29 is 33.1 Å². The van der Waals surface area contributed by atoms with Crippen LogP contribution in [-0.4, -0.2) is 64.9 Å². The van der Waals surface area contributed by atoms with Gasteiger partial charge in [0.25, 0.3) is 0 Å². The highest BCUT2D eigenvalue weighted by Gasteiger charge is 2.14. The molecule has 23 heavy (non-hydrogen) atoms. The van der Waals surface area contributed by atoms with Gasteiger partial charge in [-0.15, -0.1) is 0 Å². The van der Waals surface area contributed by atoms with Crippen LogP contribution in [0.2, 0.25) is 0 Å². The van der Waals surface area contributed by atoms with E-state index >= 15 is 0 Å². The van der Waals surface area contributed by atoms with E-state index in [1.807, 2.05) is 6.92 Å². The van der Waals surface area contributed by atoms with Gasteiger partial charge < -0.3 is 23.5 Å². The lowest BCUT2D eigenvalue weighted by atomic mass is 10.4. The maximum atomic E-state index is 11.0. The van der Waals surface area contributed by atoms with E-state index in [0.29, 0.717) is 26.6 Å². The highest BCUT2D eigenvalue weighted by molar-refractivity contribution is 7.48. The van der Waals surface area contributed by atoms with Gasteiger partial charge in [0.05, 0.1) is 19.8 Å². The van der Waals surface area contributed by atoms with Crippen molar-refractivity contribution in [1.82, 2.24) is 10.2 Å². The number of carbonyl (C=O) groups excluding carboxylic acids is 2. The lowest BCUT2D eigenvalue weighted by Crippen LogP contribution is -2.29. The Bertz CT molecular complexity index is 333. The largest absolute Gasteiger partial charge is 0.462 e. The van der Waals surface area contributed by atoms with Gasteiger partial charge in [-0.25, -0.2) is 5.09 Å². The third-order valence-corrected chi connectivity index (χ3v) is 3.54. The zero-order chi connectivity index (χ0) is 17.5. The van der Waals surface area contributed by atoms with Crippen molar-refractivity contribution >= 4 is 20.4 Å². The van der Waals surface area contributed by atoms with E-state index in [4.69, 9.17) is 23.5 Å². The second-order valence-electron chi connectivity index (χ2n) is 4.26. The fraction of sp³-hybridized carbons (Fsp3) is 0.846. The van der Waals surface area contributed by atoms with Crippen molar-refractivity contribution in [2.24, 2.45) is 0 Å². The summed E-state index contributed by atoms with van der Waals surface area (Å²) in [5, 5.41) is 6.04. The van der Waals surface area contributed by atoms with E-state index in [1.54, 1.807) is 7.05 Å². The van der Waals surface area contributed by atoms with Crippen LogP contribution in [0.5, 0.6) is 0 Å². The first-order chi connectivity index (χ1) is 11.0. The van der Waals surface area contributed by atoms with Crippen LogP contribution in [0.15, 0.2) is 0 Å². The monoisotopic (exact) mass is 354 g/mol. The summed E-state index contributed by atoms with van der Waals surface area (Å²) in [5.41, 5.74) is 0. The zero-order valence-corrected chi connectivity index (χ0v) is 15.0. The zero-order valence-electron chi connectivity index (χ0n) is 14.1. The molecule has 0 aromatic rings. The fourth-order valence-electron chi connectivity index (χ4n) is 1.36. The van der Waals surface area contributed by atoms with Crippen molar-refractivity contribution in [2.75, 3.05) is 46.8 Å². The summed E-state index contributed by atoms with van der Waals surface area (Å²) in [7, 11) is 0.788. The van der Waals surface area contributed by atoms with Crippen LogP contribution < -0.4 is 10.2 Å². The summed E-state index contributed by atoms with van der Waals surface area (Å²) in [4.78, 5) is 21.8. The molecule has 0 aliphatic heterocycles. The highest BCUT2D eigenvalue weighted by atomic mass is 31.2. The van der Waals surface area contributed by atoms with Gasteiger partial charge in [-0.2, -0.15) is 0 Å². The number of esters is 2. The van der Waals surface area contributed by atoms with Gasteiger partial charge in [-0.05, 0) is 14.0 Å². The van der Waals surface area contributed by atoms with Crippen molar-refractivity contribution in [3.05, 3.63) is 0 Å². The Hall–Kier alpha value is -0.830. The lowest BCUT2D eigenvalue weighted by Gasteiger charge is -2.19. The van der Waals surface area contributed by atoms with Crippen molar-refractivity contribution in [1.29, 1.82) is 0 Å². The molecule has 0 amide bonds. The van der Waals surface area contributed by atoms with Gasteiger partial charge in [0, 0.05) is 20.5 Å². The summed E-state index contributed by atoms with van der Waals surface area (Å²) in [6.07, 6.45) is -0.627. The van der Waals surface area contributed by atoms with Crippen LogP contribution in [-0.2, 0) is 33.1 Å². The normalized spacial score (nSPS) is 13.4. The number of rotatable bonds is 14. The molecular formula is C13H27N2O7P. The molecule has 0 aliphatic carbocycles. The molecule has 1 unspecified atom stereocenters. The van der Waals surface area contributed by atoms with E-state index in [0.717, 1.165) is 0 Å². The van der Waals surface area contributed by atoms with E-state index in [-0.39, 0.29) is 13.2 Å². The molecule has 0 heterocycles. The van der Waals surface area contributed by atoms with E-state index in [9.17, 15) is 9.59 Å². The van der Waals surface area contributed by atoms with Crippen LogP contribution in [0.3, 0.4) is 0 Å². The lowest BCUT2D eigenvalue weighted by molar-refractivity contribution is -0.160. The van der Waals surface area contributed by atoms with Crippen LogP contribution in [0.25, 0.3) is 0 Å². The number of carbonyl (C=O) groups is 2. The summed E-state index contributed by atoms with van der Waals surface area (Å²) < 4.78 is 25.9. The van der Waals surface area contributed by atoms with Gasteiger partial charge in [0.2, 0.25) is 0 Å². The molecular weight excluding hydrogens is 327 g/mol. The molecule has 10 heteroatoms. The van der Waals surface area contributed by atoms with Gasteiger partial charge in [0.15, 0.2) is 14.6 Å². The number of ether oxygens (including phenoxy) is 4. The van der Waals surface area contributed by atoms with E-state index < -0.39 is 26.5 Å². The van der Waals surface area contributed by atoms with Crippen LogP contribution in [0.4, 0.5) is 0 Å². The van der Waals surface area contributed by atoms with Gasteiger partial charge in [-0.3, -0.25) is 14.7 Å². The minimum absolute atomic E-state index is 0.0328. The third-order valence-electron chi connectivity index (χ3n) is 2.27. The SMILES string of the molecule is CCOCNP(NC)OCCOC[C@@H](COC(C)=O)OC(C)=O. The number of hydrogen-bond donors (Lipinski definition) is 2. The molecule has 0 fully saturated rings. The van der Waals surface area contributed by atoms with Crippen LogP contribution >= 0.6 is 8.45 Å². The van der Waals surface area contributed by atoms with Crippen molar-refractivity contribution in [3.63, 3.8) is 0 Å². The molecule has 0 spiro atoms. The van der Waals surface area contributed by atoms with Crippen LogP contribution in [0.1, 0.15) is 20.8 Å². The Morgan fingerprint density at radius 1 is 1.09 bits per heavy atom. The van der Waals surface area contributed by atoms with E-state index in [2.05, 4.69) is 10.2 Å². The first kappa shape index (κ1) is 22.2. The number of nitrogens with one attached hydrogen (secondary N) is 2. The van der Waals surface area contributed by atoms with Gasteiger partial charge in [0.1, 0.15) is 13.3 Å². The maximum Gasteiger partial charge on any atom is 0.303 e. The Morgan fingerprint density at radius 2 is 1.83 bits per heavy atom. The molecule has 0 aromatic heterocycles. The molecule has 9 nitrogen and oxygen atoms in total. The molecule has 0 saturated heterocycles. The highest BCUT2D eigenvalue weighted by Crippen LogP contribution is 2.24.